The summed E-state index contributed by atoms with van der Waals surface area (Å²) in [4.78, 5) is 20.3. The molecule has 0 aliphatic heterocycles. The third kappa shape index (κ3) is 4.47. The molecule has 0 aliphatic carbocycles. The third-order valence-electron chi connectivity index (χ3n) is 3.49. The molecule has 0 saturated carbocycles. The van der Waals surface area contributed by atoms with Gasteiger partial charge in [-0.25, -0.2) is 14.4 Å². The summed E-state index contributed by atoms with van der Waals surface area (Å²) in [6, 6.07) is 12.6. The number of rotatable bonds is 5. The van der Waals surface area contributed by atoms with Gasteiger partial charge in [-0.05, 0) is 24.3 Å². The normalized spacial score (nSPS) is 10.4. The lowest BCUT2D eigenvalue weighted by Crippen LogP contribution is -2.15. The molecular weight excluding hydrogens is 378 g/mol. The summed E-state index contributed by atoms with van der Waals surface area (Å²) >= 11 is 11.9. The first-order valence-corrected chi connectivity index (χ1v) is 8.34. The number of carbonyl (C=O) groups is 1. The minimum absolute atomic E-state index is 0.132. The van der Waals surface area contributed by atoms with E-state index in [1.165, 1.54) is 18.5 Å². The smallest absolute Gasteiger partial charge is 0.274 e. The van der Waals surface area contributed by atoms with E-state index in [9.17, 15) is 9.18 Å². The quantitative estimate of drug-likeness (QED) is 0.657. The SMILES string of the molecule is O=C(Nc1cc(Cl)ccc1Cl)c1cc(NCc2ccccc2F)ncn1. The summed E-state index contributed by atoms with van der Waals surface area (Å²) in [5.41, 5.74) is 0.999. The number of nitrogens with zero attached hydrogens (tertiary/aromatic N) is 2. The van der Waals surface area contributed by atoms with Gasteiger partial charge < -0.3 is 10.6 Å². The second kappa shape index (κ2) is 8.12. The Morgan fingerprint density at radius 3 is 2.69 bits per heavy atom. The van der Waals surface area contributed by atoms with Gasteiger partial charge in [0.2, 0.25) is 0 Å². The van der Waals surface area contributed by atoms with Crippen LogP contribution in [0.15, 0.2) is 54.9 Å². The van der Waals surface area contributed by atoms with Gasteiger partial charge in [0.1, 0.15) is 23.7 Å². The van der Waals surface area contributed by atoms with E-state index in [0.717, 1.165) is 0 Å². The van der Waals surface area contributed by atoms with Crippen LogP contribution in [0, 0.1) is 5.82 Å². The minimum Gasteiger partial charge on any atom is -0.366 e. The molecule has 3 aromatic rings. The summed E-state index contributed by atoms with van der Waals surface area (Å²) in [5, 5.41) is 6.41. The van der Waals surface area contributed by atoms with Crippen LogP contribution < -0.4 is 10.6 Å². The molecule has 0 aliphatic rings. The molecule has 1 heterocycles. The van der Waals surface area contributed by atoms with Gasteiger partial charge in [0.25, 0.3) is 5.91 Å². The third-order valence-corrected chi connectivity index (χ3v) is 4.06. The van der Waals surface area contributed by atoms with Crippen LogP contribution in [0.1, 0.15) is 16.1 Å². The summed E-state index contributed by atoms with van der Waals surface area (Å²) in [6.45, 7) is 0.227. The zero-order valence-corrected chi connectivity index (χ0v) is 14.9. The van der Waals surface area contributed by atoms with Gasteiger partial charge in [0, 0.05) is 23.2 Å². The summed E-state index contributed by atoms with van der Waals surface area (Å²) in [6.07, 6.45) is 1.25. The van der Waals surface area contributed by atoms with Gasteiger partial charge >= 0.3 is 0 Å². The monoisotopic (exact) mass is 390 g/mol. The number of amides is 1. The van der Waals surface area contributed by atoms with E-state index < -0.39 is 5.91 Å². The maximum absolute atomic E-state index is 13.7. The Bertz CT molecular complexity index is 952. The number of anilines is 2. The Labute approximate surface area is 159 Å². The molecule has 0 spiro atoms. The van der Waals surface area contributed by atoms with Crippen LogP contribution in [0.3, 0.4) is 0 Å². The standard InChI is InChI=1S/C18H13Cl2FN4O/c19-12-5-6-13(20)15(7-12)25-18(26)16-8-17(24-10-23-16)22-9-11-3-1-2-4-14(11)21/h1-8,10H,9H2,(H,25,26)(H,22,23,24). The molecule has 5 nitrogen and oxygen atoms in total. The van der Waals surface area contributed by atoms with E-state index in [4.69, 9.17) is 23.2 Å². The topological polar surface area (TPSA) is 66.9 Å². The van der Waals surface area contributed by atoms with Crippen LogP contribution >= 0.6 is 23.2 Å². The van der Waals surface area contributed by atoms with E-state index in [2.05, 4.69) is 20.6 Å². The van der Waals surface area contributed by atoms with Gasteiger partial charge in [-0.2, -0.15) is 0 Å². The Morgan fingerprint density at radius 2 is 1.88 bits per heavy atom. The molecule has 26 heavy (non-hydrogen) atoms. The highest BCUT2D eigenvalue weighted by atomic mass is 35.5. The highest BCUT2D eigenvalue weighted by Crippen LogP contribution is 2.25. The molecule has 0 atom stereocenters. The van der Waals surface area contributed by atoms with Gasteiger partial charge in [-0.1, -0.05) is 41.4 Å². The van der Waals surface area contributed by atoms with E-state index in [1.807, 2.05) is 0 Å². The number of hydrogen-bond donors (Lipinski definition) is 2. The number of nitrogens with one attached hydrogen (secondary N) is 2. The second-order valence-corrected chi connectivity index (χ2v) is 6.16. The number of halogens is 3. The molecule has 0 fully saturated rings. The number of carbonyl (C=O) groups excluding carboxylic acids is 1. The van der Waals surface area contributed by atoms with Crippen LogP contribution in [0.4, 0.5) is 15.9 Å². The lowest BCUT2D eigenvalue weighted by atomic mass is 10.2. The molecule has 0 saturated heterocycles. The fourth-order valence-electron chi connectivity index (χ4n) is 2.19. The van der Waals surface area contributed by atoms with E-state index in [1.54, 1.807) is 36.4 Å². The number of benzene rings is 2. The van der Waals surface area contributed by atoms with Crippen molar-refractivity contribution in [1.29, 1.82) is 0 Å². The van der Waals surface area contributed by atoms with Crippen molar-refractivity contribution < 1.29 is 9.18 Å². The van der Waals surface area contributed by atoms with E-state index in [0.29, 0.717) is 27.1 Å². The largest absolute Gasteiger partial charge is 0.366 e. The minimum atomic E-state index is -0.467. The van der Waals surface area contributed by atoms with Crippen LogP contribution in [-0.4, -0.2) is 15.9 Å². The fourth-order valence-corrected chi connectivity index (χ4v) is 2.52. The van der Waals surface area contributed by atoms with E-state index >= 15 is 0 Å². The average molecular weight is 391 g/mol. The molecule has 1 aromatic heterocycles. The Morgan fingerprint density at radius 1 is 1.08 bits per heavy atom. The molecule has 1 amide bonds. The van der Waals surface area contributed by atoms with Crippen molar-refractivity contribution in [1.82, 2.24) is 9.97 Å². The first kappa shape index (κ1) is 18.1. The molecule has 2 N–H and O–H groups in total. The number of aromatic nitrogens is 2. The summed E-state index contributed by atoms with van der Waals surface area (Å²) in [5.74, 6) is -0.390. The average Bonchev–Trinajstić information content (AvgIpc) is 2.64. The molecule has 0 radical (unpaired) electrons. The summed E-state index contributed by atoms with van der Waals surface area (Å²) in [7, 11) is 0. The van der Waals surface area contributed by atoms with Gasteiger partial charge in [-0.3, -0.25) is 4.79 Å². The zero-order valence-electron chi connectivity index (χ0n) is 13.3. The fraction of sp³-hybridized carbons (Fsp3) is 0.0556. The molecule has 0 unspecified atom stereocenters. The first-order valence-electron chi connectivity index (χ1n) is 7.58. The van der Waals surface area contributed by atoms with Crippen molar-refractivity contribution in [2.45, 2.75) is 6.54 Å². The second-order valence-electron chi connectivity index (χ2n) is 5.31. The zero-order chi connectivity index (χ0) is 18.5. The van der Waals surface area contributed by atoms with Crippen LogP contribution in [0.25, 0.3) is 0 Å². The van der Waals surface area contributed by atoms with Gasteiger partial charge in [0.15, 0.2) is 0 Å². The highest BCUT2D eigenvalue weighted by molar-refractivity contribution is 6.35. The van der Waals surface area contributed by atoms with Crippen LogP contribution in [-0.2, 0) is 6.54 Å². The number of hydrogen-bond acceptors (Lipinski definition) is 4. The molecule has 2 aromatic carbocycles. The van der Waals surface area contributed by atoms with Gasteiger partial charge in [0.05, 0.1) is 10.7 Å². The van der Waals surface area contributed by atoms with Crippen molar-refractivity contribution in [2.24, 2.45) is 0 Å². The predicted molar refractivity (Wildman–Crippen MR) is 100 cm³/mol. The van der Waals surface area contributed by atoms with Crippen molar-refractivity contribution in [3.63, 3.8) is 0 Å². The lowest BCUT2D eigenvalue weighted by molar-refractivity contribution is 0.102. The molecule has 3 rings (SSSR count). The Hall–Kier alpha value is -2.70. The maximum atomic E-state index is 13.7. The van der Waals surface area contributed by atoms with Crippen molar-refractivity contribution in [3.8, 4) is 0 Å². The van der Waals surface area contributed by atoms with Crippen molar-refractivity contribution in [2.75, 3.05) is 10.6 Å². The lowest BCUT2D eigenvalue weighted by Gasteiger charge is -2.09. The summed E-state index contributed by atoms with van der Waals surface area (Å²) < 4.78 is 13.7. The van der Waals surface area contributed by atoms with Crippen molar-refractivity contribution >= 4 is 40.6 Å². The highest BCUT2D eigenvalue weighted by Gasteiger charge is 2.12. The molecule has 0 bridgehead atoms. The van der Waals surface area contributed by atoms with Crippen LogP contribution in [0.2, 0.25) is 10.0 Å². The Balaban J connectivity index is 1.71. The predicted octanol–water partition coefficient (Wildman–Crippen LogP) is 4.79. The molecular formula is C18H13Cl2FN4O. The van der Waals surface area contributed by atoms with Gasteiger partial charge in [-0.15, -0.1) is 0 Å². The molecule has 132 valence electrons. The van der Waals surface area contributed by atoms with Crippen molar-refractivity contribution in [3.05, 3.63) is 82.0 Å². The first-order chi connectivity index (χ1) is 12.5. The van der Waals surface area contributed by atoms with E-state index in [-0.39, 0.29) is 18.1 Å². The van der Waals surface area contributed by atoms with Crippen LogP contribution in [0.5, 0.6) is 0 Å². The maximum Gasteiger partial charge on any atom is 0.274 e. The molecule has 8 heteroatoms. The Kier molecular flexibility index (Phi) is 5.65.